The second-order valence-electron chi connectivity index (χ2n) is 5.66. The van der Waals surface area contributed by atoms with Gasteiger partial charge in [-0.1, -0.05) is 6.92 Å². The lowest BCUT2D eigenvalue weighted by Gasteiger charge is -2.24. The van der Waals surface area contributed by atoms with E-state index in [2.05, 4.69) is 41.4 Å². The van der Waals surface area contributed by atoms with Crippen molar-refractivity contribution < 1.29 is 9.47 Å². The Hall–Kier alpha value is -1.95. The summed E-state index contributed by atoms with van der Waals surface area (Å²) in [5, 5.41) is 6.60. The number of hydrogen-bond acceptors (Lipinski definition) is 4. The molecule has 0 aliphatic heterocycles. The highest BCUT2D eigenvalue weighted by Gasteiger charge is 2.08. The number of likely N-dealkylation sites (N-methyl/N-ethyl adjacent to an activating group) is 1. The van der Waals surface area contributed by atoms with Crippen molar-refractivity contribution in [2.24, 2.45) is 4.99 Å². The first-order valence-electron chi connectivity index (χ1n) is 8.54. The molecule has 0 aliphatic rings. The first-order valence-corrected chi connectivity index (χ1v) is 8.54. The molecular weight excluding hydrogens is 304 g/mol. The highest BCUT2D eigenvalue weighted by molar-refractivity contribution is 5.93. The van der Waals surface area contributed by atoms with Crippen LogP contribution in [-0.2, 0) is 0 Å². The molecule has 24 heavy (non-hydrogen) atoms. The minimum absolute atomic E-state index is 0.581. The molecule has 0 fully saturated rings. The summed E-state index contributed by atoms with van der Waals surface area (Å²) in [5.41, 5.74) is 0.902. The molecule has 0 heterocycles. The normalized spacial score (nSPS) is 12.9. The van der Waals surface area contributed by atoms with Crippen molar-refractivity contribution in [3.63, 3.8) is 0 Å². The van der Waals surface area contributed by atoms with Crippen LogP contribution in [0.3, 0.4) is 0 Å². The molecule has 2 N–H and O–H groups in total. The molecule has 1 aromatic carbocycles. The van der Waals surface area contributed by atoms with Gasteiger partial charge in [0.05, 0.1) is 13.7 Å². The number of aliphatic imine (C=N–C) groups is 1. The van der Waals surface area contributed by atoms with Crippen molar-refractivity contribution in [1.29, 1.82) is 0 Å². The van der Waals surface area contributed by atoms with Crippen LogP contribution in [0.4, 0.5) is 5.69 Å². The number of anilines is 1. The van der Waals surface area contributed by atoms with Crippen LogP contribution in [-0.4, -0.2) is 57.8 Å². The minimum atomic E-state index is 0.581. The second kappa shape index (κ2) is 10.8. The first-order chi connectivity index (χ1) is 11.5. The molecule has 1 aromatic rings. The van der Waals surface area contributed by atoms with Gasteiger partial charge in [0.25, 0.3) is 0 Å². The van der Waals surface area contributed by atoms with Gasteiger partial charge in [-0.25, -0.2) is 0 Å². The number of guanidine groups is 1. The smallest absolute Gasteiger partial charge is 0.195 e. The maximum Gasteiger partial charge on any atom is 0.195 e. The number of benzene rings is 1. The fraction of sp³-hybridized carbons (Fsp3) is 0.611. The van der Waals surface area contributed by atoms with Crippen LogP contribution < -0.4 is 20.1 Å². The molecule has 0 amide bonds. The van der Waals surface area contributed by atoms with Gasteiger partial charge >= 0.3 is 0 Å². The number of ether oxygens (including phenoxy) is 2. The molecule has 6 nitrogen and oxygen atoms in total. The van der Waals surface area contributed by atoms with Crippen LogP contribution in [0.5, 0.6) is 11.5 Å². The van der Waals surface area contributed by atoms with Crippen molar-refractivity contribution in [2.75, 3.05) is 46.2 Å². The van der Waals surface area contributed by atoms with E-state index in [9.17, 15) is 0 Å². The molecule has 136 valence electrons. The highest BCUT2D eigenvalue weighted by Crippen LogP contribution is 2.30. The number of nitrogens with one attached hydrogen (secondary N) is 2. The van der Waals surface area contributed by atoms with Gasteiger partial charge in [0.15, 0.2) is 17.5 Å². The number of hydrogen-bond donors (Lipinski definition) is 2. The molecule has 0 spiro atoms. The maximum atomic E-state index is 5.53. The zero-order chi connectivity index (χ0) is 17.9. The van der Waals surface area contributed by atoms with E-state index in [0.29, 0.717) is 18.4 Å². The molecule has 1 rings (SSSR count). The molecular formula is C18H32N4O2. The molecule has 0 saturated carbocycles. The summed E-state index contributed by atoms with van der Waals surface area (Å²) < 4.78 is 10.9. The molecule has 0 saturated heterocycles. The molecule has 0 aromatic heterocycles. The predicted molar refractivity (Wildman–Crippen MR) is 102 cm³/mol. The maximum absolute atomic E-state index is 5.53. The first kappa shape index (κ1) is 20.1. The Morgan fingerprint density at radius 1 is 1.29 bits per heavy atom. The lowest BCUT2D eigenvalue weighted by molar-refractivity contribution is 0.256. The van der Waals surface area contributed by atoms with E-state index >= 15 is 0 Å². The van der Waals surface area contributed by atoms with Gasteiger partial charge in [0.1, 0.15) is 0 Å². The topological polar surface area (TPSA) is 58.1 Å². The molecule has 1 atom stereocenters. The van der Waals surface area contributed by atoms with Gasteiger partial charge in [-0.15, -0.1) is 0 Å². The van der Waals surface area contributed by atoms with E-state index in [1.54, 1.807) is 14.2 Å². The van der Waals surface area contributed by atoms with Gasteiger partial charge in [-0.2, -0.15) is 0 Å². The van der Waals surface area contributed by atoms with Gasteiger partial charge in [0.2, 0.25) is 0 Å². The Morgan fingerprint density at radius 2 is 2.04 bits per heavy atom. The van der Waals surface area contributed by atoms with Crippen LogP contribution in [0.15, 0.2) is 23.2 Å². The third kappa shape index (κ3) is 6.28. The van der Waals surface area contributed by atoms with Crippen LogP contribution in [0.2, 0.25) is 0 Å². The van der Waals surface area contributed by atoms with E-state index < -0.39 is 0 Å². The largest absolute Gasteiger partial charge is 0.493 e. The molecule has 0 aliphatic carbocycles. The number of nitrogens with zero attached hydrogens (tertiary/aromatic N) is 2. The van der Waals surface area contributed by atoms with Crippen molar-refractivity contribution in [3.8, 4) is 11.5 Å². The summed E-state index contributed by atoms with van der Waals surface area (Å²) in [4.78, 5) is 6.60. The number of methoxy groups -OCH3 is 1. The second-order valence-corrected chi connectivity index (χ2v) is 5.66. The predicted octanol–water partition coefficient (Wildman–Crippen LogP) is 2.81. The Balaban J connectivity index is 2.59. The van der Waals surface area contributed by atoms with Gasteiger partial charge in [0, 0.05) is 37.9 Å². The third-order valence-corrected chi connectivity index (χ3v) is 4.05. The number of rotatable bonds is 9. The van der Waals surface area contributed by atoms with Crippen molar-refractivity contribution in [2.45, 2.75) is 33.2 Å². The van der Waals surface area contributed by atoms with E-state index in [0.717, 1.165) is 36.9 Å². The zero-order valence-electron chi connectivity index (χ0n) is 15.8. The van der Waals surface area contributed by atoms with Gasteiger partial charge < -0.3 is 25.0 Å². The Labute approximate surface area is 146 Å². The summed E-state index contributed by atoms with van der Waals surface area (Å²) in [6.45, 7) is 8.79. The van der Waals surface area contributed by atoms with Gasteiger partial charge in [-0.05, 0) is 39.4 Å². The van der Waals surface area contributed by atoms with Gasteiger partial charge in [-0.3, -0.25) is 4.99 Å². The Kier molecular flexibility index (Phi) is 9.01. The zero-order valence-corrected chi connectivity index (χ0v) is 15.8. The van der Waals surface area contributed by atoms with Crippen LogP contribution in [0, 0.1) is 0 Å². The lowest BCUT2D eigenvalue weighted by Crippen LogP contribution is -2.39. The third-order valence-electron chi connectivity index (χ3n) is 4.05. The Morgan fingerprint density at radius 3 is 2.62 bits per heavy atom. The highest BCUT2D eigenvalue weighted by atomic mass is 16.5. The fourth-order valence-electron chi connectivity index (χ4n) is 2.22. The minimum Gasteiger partial charge on any atom is -0.493 e. The van der Waals surface area contributed by atoms with Crippen LogP contribution in [0.1, 0.15) is 27.2 Å². The molecule has 6 heteroatoms. The molecule has 0 bridgehead atoms. The SMILES string of the molecule is CCOc1ccc(NC(=NC)NCCN(C)C(C)CC)cc1OC. The van der Waals surface area contributed by atoms with Crippen LogP contribution in [0.25, 0.3) is 0 Å². The summed E-state index contributed by atoms with van der Waals surface area (Å²) in [5.74, 6) is 2.18. The monoisotopic (exact) mass is 336 g/mol. The van der Waals surface area contributed by atoms with Crippen molar-refractivity contribution >= 4 is 11.6 Å². The lowest BCUT2D eigenvalue weighted by atomic mass is 10.2. The van der Waals surface area contributed by atoms with E-state index in [-0.39, 0.29) is 0 Å². The fourth-order valence-corrected chi connectivity index (χ4v) is 2.22. The summed E-state index contributed by atoms with van der Waals surface area (Å²) in [6, 6.07) is 6.33. The standard InChI is InChI=1S/C18H32N4O2/c1-7-14(3)22(5)12-11-20-18(19-4)21-15-9-10-16(24-8-2)17(13-15)23-6/h9-10,13-14H,7-8,11-12H2,1-6H3,(H2,19,20,21). The van der Waals surface area contributed by atoms with E-state index in [1.807, 2.05) is 25.1 Å². The molecule has 0 radical (unpaired) electrons. The average molecular weight is 336 g/mol. The molecule has 1 unspecified atom stereocenters. The van der Waals surface area contributed by atoms with Crippen LogP contribution >= 0.6 is 0 Å². The summed E-state index contributed by atoms with van der Waals surface area (Å²) >= 11 is 0. The summed E-state index contributed by atoms with van der Waals surface area (Å²) in [7, 11) is 5.54. The quantitative estimate of drug-likeness (QED) is 0.536. The van der Waals surface area contributed by atoms with Crippen molar-refractivity contribution in [1.82, 2.24) is 10.2 Å². The van der Waals surface area contributed by atoms with E-state index in [1.165, 1.54) is 0 Å². The average Bonchev–Trinajstić information content (AvgIpc) is 2.61. The summed E-state index contributed by atoms with van der Waals surface area (Å²) in [6.07, 6.45) is 1.15. The van der Waals surface area contributed by atoms with Crippen molar-refractivity contribution in [3.05, 3.63) is 18.2 Å². The Bertz CT molecular complexity index is 520. The van der Waals surface area contributed by atoms with E-state index in [4.69, 9.17) is 9.47 Å².